The number of hydrogen-bond acceptors (Lipinski definition) is 2. The SMILES string of the molecule is CCCCCCC(NC)c1ccc(OC(C)C)cc1. The summed E-state index contributed by atoms with van der Waals surface area (Å²) in [6, 6.07) is 8.97. The van der Waals surface area contributed by atoms with E-state index in [-0.39, 0.29) is 6.10 Å². The predicted octanol–water partition coefficient (Wildman–Crippen LogP) is 4.70. The molecule has 1 atom stereocenters. The van der Waals surface area contributed by atoms with Gasteiger partial charge in [-0.25, -0.2) is 0 Å². The van der Waals surface area contributed by atoms with Crippen molar-refractivity contribution < 1.29 is 4.74 Å². The first-order chi connectivity index (χ1) is 9.17. The molecule has 19 heavy (non-hydrogen) atoms. The van der Waals surface area contributed by atoms with Gasteiger partial charge >= 0.3 is 0 Å². The van der Waals surface area contributed by atoms with Crippen molar-refractivity contribution in [3.8, 4) is 5.75 Å². The zero-order valence-electron chi connectivity index (χ0n) is 12.9. The molecule has 0 spiro atoms. The molecule has 1 aromatic carbocycles. The van der Waals surface area contributed by atoms with Gasteiger partial charge in [-0.1, -0.05) is 44.7 Å². The summed E-state index contributed by atoms with van der Waals surface area (Å²) in [7, 11) is 2.04. The lowest BCUT2D eigenvalue weighted by Crippen LogP contribution is -2.16. The Morgan fingerprint density at radius 1 is 1.05 bits per heavy atom. The molecule has 0 aromatic heterocycles. The first-order valence-corrected chi connectivity index (χ1v) is 7.61. The average molecular weight is 263 g/mol. The first kappa shape index (κ1) is 16.0. The molecule has 0 bridgehead atoms. The summed E-state index contributed by atoms with van der Waals surface area (Å²) in [5.74, 6) is 0.958. The van der Waals surface area contributed by atoms with Crippen molar-refractivity contribution in [1.29, 1.82) is 0 Å². The fraction of sp³-hybridized carbons (Fsp3) is 0.647. The van der Waals surface area contributed by atoms with Crippen LogP contribution in [0.1, 0.15) is 64.5 Å². The highest BCUT2D eigenvalue weighted by Gasteiger charge is 2.09. The van der Waals surface area contributed by atoms with Crippen LogP contribution in [0.4, 0.5) is 0 Å². The predicted molar refractivity (Wildman–Crippen MR) is 82.8 cm³/mol. The van der Waals surface area contributed by atoms with Gasteiger partial charge in [0.2, 0.25) is 0 Å². The molecule has 1 aromatic rings. The maximum absolute atomic E-state index is 5.68. The highest BCUT2D eigenvalue weighted by Crippen LogP contribution is 2.22. The van der Waals surface area contributed by atoms with E-state index in [1.54, 1.807) is 0 Å². The van der Waals surface area contributed by atoms with E-state index in [2.05, 4.69) is 50.4 Å². The number of hydrogen-bond donors (Lipinski definition) is 1. The Balaban J connectivity index is 2.51. The van der Waals surface area contributed by atoms with Gasteiger partial charge in [-0.3, -0.25) is 0 Å². The van der Waals surface area contributed by atoms with Gasteiger partial charge in [-0.05, 0) is 45.0 Å². The van der Waals surface area contributed by atoms with Gasteiger partial charge in [0.15, 0.2) is 0 Å². The van der Waals surface area contributed by atoms with Crippen LogP contribution in [0.2, 0.25) is 0 Å². The molecule has 0 saturated heterocycles. The Morgan fingerprint density at radius 2 is 1.74 bits per heavy atom. The molecule has 0 fully saturated rings. The third-order valence-electron chi connectivity index (χ3n) is 3.35. The van der Waals surface area contributed by atoms with Crippen molar-refractivity contribution in [3.63, 3.8) is 0 Å². The van der Waals surface area contributed by atoms with Crippen molar-refractivity contribution >= 4 is 0 Å². The Morgan fingerprint density at radius 3 is 2.26 bits per heavy atom. The van der Waals surface area contributed by atoms with Crippen LogP contribution >= 0.6 is 0 Å². The average Bonchev–Trinajstić information content (AvgIpc) is 2.40. The van der Waals surface area contributed by atoms with Crippen molar-refractivity contribution in [2.24, 2.45) is 0 Å². The zero-order valence-corrected chi connectivity index (χ0v) is 12.9. The van der Waals surface area contributed by atoms with Gasteiger partial charge in [0.25, 0.3) is 0 Å². The van der Waals surface area contributed by atoms with E-state index in [4.69, 9.17) is 4.74 Å². The second-order valence-electron chi connectivity index (χ2n) is 5.43. The normalized spacial score (nSPS) is 12.7. The second-order valence-corrected chi connectivity index (χ2v) is 5.43. The Labute approximate surface area is 118 Å². The molecule has 2 heteroatoms. The number of unbranched alkanes of at least 4 members (excludes halogenated alkanes) is 3. The second kappa shape index (κ2) is 8.98. The summed E-state index contributed by atoms with van der Waals surface area (Å²) in [6.07, 6.45) is 6.72. The van der Waals surface area contributed by atoms with E-state index in [0.29, 0.717) is 6.04 Å². The van der Waals surface area contributed by atoms with Crippen molar-refractivity contribution in [3.05, 3.63) is 29.8 Å². The molecule has 1 N–H and O–H groups in total. The number of benzene rings is 1. The lowest BCUT2D eigenvalue weighted by atomic mass is 10.00. The molecule has 0 amide bonds. The van der Waals surface area contributed by atoms with Gasteiger partial charge < -0.3 is 10.1 Å². The molecule has 2 nitrogen and oxygen atoms in total. The Hall–Kier alpha value is -1.02. The van der Waals surface area contributed by atoms with Crippen molar-refractivity contribution in [2.45, 2.75) is 65.0 Å². The van der Waals surface area contributed by atoms with Gasteiger partial charge in [-0.15, -0.1) is 0 Å². The Bertz CT molecular complexity index is 332. The minimum Gasteiger partial charge on any atom is -0.491 e. The zero-order chi connectivity index (χ0) is 14.1. The van der Waals surface area contributed by atoms with E-state index in [1.165, 1.54) is 37.7 Å². The van der Waals surface area contributed by atoms with E-state index in [1.807, 2.05) is 7.05 Å². The van der Waals surface area contributed by atoms with E-state index >= 15 is 0 Å². The molecule has 108 valence electrons. The molecule has 0 aliphatic rings. The van der Waals surface area contributed by atoms with Crippen LogP contribution in [0.5, 0.6) is 5.75 Å². The summed E-state index contributed by atoms with van der Waals surface area (Å²) in [5, 5.41) is 3.41. The molecule has 1 rings (SSSR count). The highest BCUT2D eigenvalue weighted by molar-refractivity contribution is 5.29. The molecule has 1 unspecified atom stereocenters. The molecule has 0 saturated carbocycles. The third-order valence-corrected chi connectivity index (χ3v) is 3.35. The van der Waals surface area contributed by atoms with Crippen LogP contribution in [0, 0.1) is 0 Å². The number of ether oxygens (including phenoxy) is 1. The summed E-state index contributed by atoms with van der Waals surface area (Å²) < 4.78 is 5.68. The number of rotatable bonds is 9. The van der Waals surface area contributed by atoms with Gasteiger partial charge in [0.1, 0.15) is 5.75 Å². The minimum absolute atomic E-state index is 0.236. The smallest absolute Gasteiger partial charge is 0.119 e. The summed E-state index contributed by atoms with van der Waals surface area (Å²) >= 11 is 0. The van der Waals surface area contributed by atoms with Crippen molar-refractivity contribution in [2.75, 3.05) is 7.05 Å². The standard InChI is InChI=1S/C17H29NO/c1-5-6-7-8-9-17(18-4)15-10-12-16(13-11-15)19-14(2)3/h10-14,17-18H,5-9H2,1-4H3. The number of nitrogens with one attached hydrogen (secondary N) is 1. The first-order valence-electron chi connectivity index (χ1n) is 7.61. The maximum atomic E-state index is 5.68. The molecule has 0 aliphatic heterocycles. The largest absolute Gasteiger partial charge is 0.491 e. The summed E-state index contributed by atoms with van der Waals surface area (Å²) in [6.45, 7) is 6.36. The minimum atomic E-state index is 0.236. The van der Waals surface area contributed by atoms with E-state index in [9.17, 15) is 0 Å². The van der Waals surface area contributed by atoms with Gasteiger partial charge in [0, 0.05) is 6.04 Å². The molecular formula is C17H29NO. The fourth-order valence-corrected chi connectivity index (χ4v) is 2.30. The van der Waals surface area contributed by atoms with E-state index < -0.39 is 0 Å². The van der Waals surface area contributed by atoms with Crippen LogP contribution in [0.25, 0.3) is 0 Å². The summed E-state index contributed by atoms with van der Waals surface area (Å²) in [5.41, 5.74) is 1.36. The third kappa shape index (κ3) is 6.11. The fourth-order valence-electron chi connectivity index (χ4n) is 2.30. The molecule has 0 radical (unpaired) electrons. The lowest BCUT2D eigenvalue weighted by molar-refractivity contribution is 0.242. The van der Waals surface area contributed by atoms with Crippen LogP contribution in [-0.4, -0.2) is 13.2 Å². The van der Waals surface area contributed by atoms with Crippen LogP contribution in [-0.2, 0) is 0 Å². The topological polar surface area (TPSA) is 21.3 Å². The van der Waals surface area contributed by atoms with Crippen LogP contribution < -0.4 is 10.1 Å². The lowest BCUT2D eigenvalue weighted by Gasteiger charge is -2.17. The molecule has 0 aliphatic carbocycles. The van der Waals surface area contributed by atoms with Crippen molar-refractivity contribution in [1.82, 2.24) is 5.32 Å². The highest BCUT2D eigenvalue weighted by atomic mass is 16.5. The summed E-state index contributed by atoms with van der Waals surface area (Å²) in [4.78, 5) is 0. The maximum Gasteiger partial charge on any atom is 0.119 e. The van der Waals surface area contributed by atoms with Crippen LogP contribution in [0.15, 0.2) is 24.3 Å². The quantitative estimate of drug-likeness (QED) is 0.652. The molecule has 0 heterocycles. The van der Waals surface area contributed by atoms with E-state index in [0.717, 1.165) is 5.75 Å². The Kier molecular flexibility index (Phi) is 7.57. The monoisotopic (exact) mass is 263 g/mol. The molecular weight excluding hydrogens is 234 g/mol. The van der Waals surface area contributed by atoms with Gasteiger partial charge in [-0.2, -0.15) is 0 Å². The van der Waals surface area contributed by atoms with Crippen LogP contribution in [0.3, 0.4) is 0 Å². The van der Waals surface area contributed by atoms with Gasteiger partial charge in [0.05, 0.1) is 6.10 Å².